The lowest BCUT2D eigenvalue weighted by atomic mass is 9.95. The molecule has 2 heterocycles. The second-order valence-corrected chi connectivity index (χ2v) is 8.59. The van der Waals surface area contributed by atoms with Gasteiger partial charge in [0.1, 0.15) is 5.00 Å². The molecule has 1 N–H and O–H groups in total. The Labute approximate surface area is 167 Å². The van der Waals surface area contributed by atoms with Gasteiger partial charge >= 0.3 is 5.97 Å². The predicted molar refractivity (Wildman–Crippen MR) is 108 cm³/mol. The molecule has 2 aromatic rings. The van der Waals surface area contributed by atoms with Crippen LogP contribution in [0.2, 0.25) is 0 Å². The number of nitrogens with one attached hydrogen (secondary N) is 1. The quantitative estimate of drug-likeness (QED) is 0.462. The van der Waals surface area contributed by atoms with E-state index in [0.29, 0.717) is 15.7 Å². The van der Waals surface area contributed by atoms with Gasteiger partial charge in [0.05, 0.1) is 18.4 Å². The van der Waals surface area contributed by atoms with E-state index >= 15 is 0 Å². The summed E-state index contributed by atoms with van der Waals surface area (Å²) < 4.78 is 4.94. The third-order valence-electron chi connectivity index (χ3n) is 4.76. The molecule has 0 fully saturated rings. The summed E-state index contributed by atoms with van der Waals surface area (Å²) in [4.78, 5) is 34.7. The lowest BCUT2D eigenvalue weighted by Crippen LogP contribution is -2.17. The average molecular weight is 406 g/mol. The van der Waals surface area contributed by atoms with Crippen molar-refractivity contribution < 1.29 is 14.3 Å². The SMILES string of the molecule is COC(=O)c1c(NC(=O)CSc2nc(C)c(C)c(C)n2)sc2c1CCCC2. The molecule has 2 aromatic heterocycles. The van der Waals surface area contributed by atoms with Gasteiger partial charge in [-0.15, -0.1) is 11.3 Å². The van der Waals surface area contributed by atoms with Crippen LogP contribution in [0.15, 0.2) is 5.16 Å². The minimum absolute atomic E-state index is 0.178. The summed E-state index contributed by atoms with van der Waals surface area (Å²) in [6.45, 7) is 5.86. The third kappa shape index (κ3) is 4.32. The van der Waals surface area contributed by atoms with Crippen molar-refractivity contribution in [2.75, 3.05) is 18.2 Å². The highest BCUT2D eigenvalue weighted by Gasteiger charge is 2.26. The van der Waals surface area contributed by atoms with Gasteiger partial charge in [0.15, 0.2) is 5.16 Å². The van der Waals surface area contributed by atoms with Crippen LogP contribution in [-0.2, 0) is 22.4 Å². The second kappa shape index (κ2) is 8.39. The van der Waals surface area contributed by atoms with Crippen LogP contribution >= 0.6 is 23.1 Å². The number of rotatable bonds is 5. The summed E-state index contributed by atoms with van der Waals surface area (Å²) in [5.74, 6) is -0.376. The van der Waals surface area contributed by atoms with Crippen LogP contribution in [0, 0.1) is 20.8 Å². The summed E-state index contributed by atoms with van der Waals surface area (Å²) in [6.07, 6.45) is 3.97. The first-order valence-corrected chi connectivity index (χ1v) is 10.7. The molecule has 8 heteroatoms. The van der Waals surface area contributed by atoms with Crippen molar-refractivity contribution in [3.63, 3.8) is 0 Å². The molecule has 144 valence electrons. The Morgan fingerprint density at radius 1 is 1.15 bits per heavy atom. The van der Waals surface area contributed by atoms with Crippen molar-refractivity contribution in [2.45, 2.75) is 51.6 Å². The molecule has 0 aromatic carbocycles. The normalized spacial score (nSPS) is 13.2. The Hall–Kier alpha value is -1.93. The molecule has 1 amide bonds. The van der Waals surface area contributed by atoms with Crippen LogP contribution in [0.4, 0.5) is 5.00 Å². The number of aromatic nitrogens is 2. The molecule has 1 aliphatic rings. The summed E-state index contributed by atoms with van der Waals surface area (Å²) >= 11 is 2.78. The van der Waals surface area contributed by atoms with E-state index in [4.69, 9.17) is 4.74 Å². The van der Waals surface area contributed by atoms with E-state index in [0.717, 1.165) is 48.2 Å². The number of nitrogens with zero attached hydrogens (tertiary/aromatic N) is 2. The molecule has 0 radical (unpaired) electrons. The van der Waals surface area contributed by atoms with E-state index in [2.05, 4.69) is 15.3 Å². The maximum Gasteiger partial charge on any atom is 0.341 e. The fraction of sp³-hybridized carbons (Fsp3) is 0.474. The fourth-order valence-corrected chi connectivity index (χ4v) is 5.10. The molecule has 0 saturated heterocycles. The van der Waals surface area contributed by atoms with Gasteiger partial charge < -0.3 is 10.1 Å². The van der Waals surface area contributed by atoms with Gasteiger partial charge in [0.25, 0.3) is 0 Å². The van der Waals surface area contributed by atoms with Crippen LogP contribution in [-0.4, -0.2) is 34.7 Å². The number of carbonyl (C=O) groups is 2. The first kappa shape index (κ1) is 19.8. The predicted octanol–water partition coefficient (Wildman–Crippen LogP) is 3.86. The highest BCUT2D eigenvalue weighted by atomic mass is 32.2. The van der Waals surface area contributed by atoms with Crippen LogP contribution in [0.5, 0.6) is 0 Å². The molecule has 27 heavy (non-hydrogen) atoms. The van der Waals surface area contributed by atoms with E-state index in [-0.39, 0.29) is 17.6 Å². The number of fused-ring (bicyclic) bond motifs is 1. The van der Waals surface area contributed by atoms with Gasteiger partial charge in [-0.05, 0) is 57.6 Å². The van der Waals surface area contributed by atoms with E-state index in [9.17, 15) is 9.59 Å². The molecule has 0 spiro atoms. The van der Waals surface area contributed by atoms with Crippen molar-refractivity contribution in [3.05, 3.63) is 33.0 Å². The largest absolute Gasteiger partial charge is 0.465 e. The smallest absolute Gasteiger partial charge is 0.341 e. The number of aryl methyl sites for hydroxylation is 3. The van der Waals surface area contributed by atoms with Crippen LogP contribution < -0.4 is 5.32 Å². The highest BCUT2D eigenvalue weighted by molar-refractivity contribution is 7.99. The van der Waals surface area contributed by atoms with Gasteiger partial charge in [0, 0.05) is 16.3 Å². The van der Waals surface area contributed by atoms with Crippen molar-refractivity contribution in [1.82, 2.24) is 9.97 Å². The van der Waals surface area contributed by atoms with Crippen molar-refractivity contribution >= 4 is 40.0 Å². The molecule has 6 nitrogen and oxygen atoms in total. The van der Waals surface area contributed by atoms with Crippen molar-refractivity contribution in [2.24, 2.45) is 0 Å². The minimum Gasteiger partial charge on any atom is -0.465 e. The minimum atomic E-state index is -0.384. The van der Waals surface area contributed by atoms with Crippen molar-refractivity contribution in [3.8, 4) is 0 Å². The molecule has 0 saturated carbocycles. The number of thiophene rings is 1. The van der Waals surface area contributed by atoms with Crippen molar-refractivity contribution in [1.29, 1.82) is 0 Å². The number of hydrogen-bond donors (Lipinski definition) is 1. The Morgan fingerprint density at radius 3 is 2.48 bits per heavy atom. The molecule has 3 rings (SSSR count). The van der Waals surface area contributed by atoms with E-state index in [1.54, 1.807) is 0 Å². The standard InChI is InChI=1S/C19H23N3O3S2/c1-10-11(2)20-19(21-12(10)3)26-9-15(23)22-17-16(18(24)25-4)13-7-5-6-8-14(13)27-17/h5-9H2,1-4H3,(H,22,23). The van der Waals surface area contributed by atoms with Gasteiger partial charge in [-0.1, -0.05) is 11.8 Å². The monoisotopic (exact) mass is 405 g/mol. The first-order valence-electron chi connectivity index (χ1n) is 8.88. The molecular weight excluding hydrogens is 382 g/mol. The maximum absolute atomic E-state index is 12.5. The van der Waals surface area contributed by atoms with Crippen LogP contribution in [0.25, 0.3) is 0 Å². The number of carbonyl (C=O) groups excluding carboxylic acids is 2. The zero-order valence-electron chi connectivity index (χ0n) is 16.0. The molecule has 0 aliphatic heterocycles. The molecule has 0 unspecified atom stereocenters. The Balaban J connectivity index is 1.73. The third-order valence-corrected chi connectivity index (χ3v) is 6.81. The maximum atomic E-state index is 12.5. The number of thioether (sulfide) groups is 1. The topological polar surface area (TPSA) is 81.2 Å². The van der Waals surface area contributed by atoms with Gasteiger partial charge in [0.2, 0.25) is 5.91 Å². The van der Waals surface area contributed by atoms with Gasteiger partial charge in [-0.25, -0.2) is 14.8 Å². The summed E-state index contributed by atoms with van der Waals surface area (Å²) in [6, 6.07) is 0. The molecule has 1 aliphatic carbocycles. The summed E-state index contributed by atoms with van der Waals surface area (Å²) in [5.41, 5.74) is 4.47. The van der Waals surface area contributed by atoms with Crippen LogP contribution in [0.3, 0.4) is 0 Å². The Kier molecular flexibility index (Phi) is 6.16. The Morgan fingerprint density at radius 2 is 1.81 bits per heavy atom. The number of esters is 1. The summed E-state index contributed by atoms with van der Waals surface area (Å²) in [5, 5.41) is 4.08. The summed E-state index contributed by atoms with van der Waals surface area (Å²) in [7, 11) is 1.37. The highest BCUT2D eigenvalue weighted by Crippen LogP contribution is 2.38. The molecule has 0 atom stereocenters. The second-order valence-electron chi connectivity index (χ2n) is 6.55. The van der Waals surface area contributed by atoms with Gasteiger partial charge in [-0.2, -0.15) is 0 Å². The zero-order valence-corrected chi connectivity index (χ0v) is 17.6. The lowest BCUT2D eigenvalue weighted by Gasteiger charge is -2.11. The lowest BCUT2D eigenvalue weighted by molar-refractivity contribution is -0.113. The number of amides is 1. The van der Waals surface area contributed by atoms with Gasteiger partial charge in [-0.3, -0.25) is 4.79 Å². The number of methoxy groups -OCH3 is 1. The van der Waals surface area contributed by atoms with E-state index in [1.807, 2.05) is 20.8 Å². The fourth-order valence-electron chi connectivity index (χ4n) is 3.07. The van der Waals surface area contributed by atoms with E-state index in [1.165, 1.54) is 35.1 Å². The van der Waals surface area contributed by atoms with E-state index < -0.39 is 0 Å². The number of anilines is 1. The first-order chi connectivity index (χ1) is 12.9. The molecule has 0 bridgehead atoms. The molecular formula is C19H23N3O3S2. The Bertz CT molecular complexity index is 870. The number of ether oxygens (including phenoxy) is 1. The number of hydrogen-bond acceptors (Lipinski definition) is 7. The van der Waals surface area contributed by atoms with Crippen LogP contribution in [0.1, 0.15) is 50.6 Å². The average Bonchev–Trinajstić information content (AvgIpc) is 3.01. The zero-order chi connectivity index (χ0) is 19.6.